The second-order valence-corrected chi connectivity index (χ2v) is 10.3. The first-order valence-electron chi connectivity index (χ1n) is 13.2. The van der Waals surface area contributed by atoms with E-state index in [2.05, 4.69) is 72.1 Å². The third kappa shape index (κ3) is 6.82. The number of carbonyl (C=O) groups excluding carboxylic acids is 1. The number of benzene rings is 2. The molecule has 2 heteroatoms. The fraction of sp³-hybridized carbons (Fsp3) is 0.516. The average molecular weight is 444 g/mol. The molecule has 2 fully saturated rings. The Bertz CT molecular complexity index is 835. The number of carbonyl (C=O) groups is 1. The highest BCUT2D eigenvalue weighted by molar-refractivity contribution is 5.76. The van der Waals surface area contributed by atoms with Crippen LogP contribution in [0.5, 0.6) is 0 Å². The van der Waals surface area contributed by atoms with Gasteiger partial charge < -0.3 is 4.90 Å². The van der Waals surface area contributed by atoms with Crippen molar-refractivity contribution in [1.82, 2.24) is 4.90 Å². The van der Waals surface area contributed by atoms with Gasteiger partial charge in [0.2, 0.25) is 5.91 Å². The fourth-order valence-electron chi connectivity index (χ4n) is 6.00. The van der Waals surface area contributed by atoms with Gasteiger partial charge in [0.15, 0.2) is 0 Å². The van der Waals surface area contributed by atoms with Crippen molar-refractivity contribution in [2.24, 2.45) is 11.8 Å². The van der Waals surface area contributed by atoms with Crippen LogP contribution in [0.2, 0.25) is 0 Å². The lowest BCUT2D eigenvalue weighted by Crippen LogP contribution is -2.44. The summed E-state index contributed by atoms with van der Waals surface area (Å²) in [5.41, 5.74) is 4.03. The van der Waals surface area contributed by atoms with Crippen LogP contribution in [0.4, 0.5) is 0 Å². The van der Waals surface area contributed by atoms with E-state index < -0.39 is 0 Å². The Balaban J connectivity index is 1.18. The number of nitrogens with zero attached hydrogens (tertiary/aromatic N) is 1. The molecule has 1 aliphatic carbocycles. The molecule has 4 rings (SSSR count). The average Bonchev–Trinajstić information content (AvgIpc) is 2.87. The minimum atomic E-state index is 0.365. The minimum Gasteiger partial charge on any atom is -0.342 e. The van der Waals surface area contributed by atoms with Crippen molar-refractivity contribution in [2.45, 2.75) is 76.5 Å². The summed E-state index contributed by atoms with van der Waals surface area (Å²) in [5, 5.41) is 0. The summed E-state index contributed by atoms with van der Waals surface area (Å²) in [6.07, 6.45) is 12.8. The van der Waals surface area contributed by atoms with Gasteiger partial charge in [-0.15, -0.1) is 0 Å². The van der Waals surface area contributed by atoms with Crippen molar-refractivity contribution < 1.29 is 4.79 Å². The first-order valence-corrected chi connectivity index (χ1v) is 13.2. The number of piperidine rings is 1. The summed E-state index contributed by atoms with van der Waals surface area (Å²) < 4.78 is 0. The molecule has 2 aromatic rings. The molecule has 2 aromatic carbocycles. The van der Waals surface area contributed by atoms with Crippen LogP contribution in [-0.2, 0) is 4.79 Å². The maximum Gasteiger partial charge on any atom is 0.222 e. The van der Waals surface area contributed by atoms with Crippen LogP contribution in [0, 0.1) is 11.8 Å². The van der Waals surface area contributed by atoms with E-state index in [1.807, 2.05) is 0 Å². The number of amides is 1. The third-order valence-electron chi connectivity index (χ3n) is 7.96. The number of unbranched alkanes of at least 4 members (excludes halogenated alkanes) is 2. The first kappa shape index (κ1) is 23.8. The molecule has 0 spiro atoms. The monoisotopic (exact) mass is 443 g/mol. The largest absolute Gasteiger partial charge is 0.342 e. The zero-order valence-corrected chi connectivity index (χ0v) is 20.3. The van der Waals surface area contributed by atoms with Crippen molar-refractivity contribution >= 4 is 5.91 Å². The van der Waals surface area contributed by atoms with E-state index in [1.165, 1.54) is 48.8 Å². The lowest BCUT2D eigenvalue weighted by Gasteiger charge is -2.41. The summed E-state index contributed by atoms with van der Waals surface area (Å²) >= 11 is 0. The van der Waals surface area contributed by atoms with Gasteiger partial charge in [-0.2, -0.15) is 0 Å². The molecule has 2 nitrogen and oxygen atoms in total. The Morgan fingerprint density at radius 2 is 1.42 bits per heavy atom. The van der Waals surface area contributed by atoms with E-state index >= 15 is 0 Å². The van der Waals surface area contributed by atoms with Crippen LogP contribution in [0.3, 0.4) is 0 Å². The van der Waals surface area contributed by atoms with Gasteiger partial charge >= 0.3 is 0 Å². The molecule has 2 unspecified atom stereocenters. The van der Waals surface area contributed by atoms with Crippen LogP contribution in [0.25, 0.3) is 0 Å². The van der Waals surface area contributed by atoms with Gasteiger partial charge in [-0.05, 0) is 61.5 Å². The predicted molar refractivity (Wildman–Crippen MR) is 138 cm³/mol. The highest BCUT2D eigenvalue weighted by Gasteiger charge is 2.32. The van der Waals surface area contributed by atoms with Crippen molar-refractivity contribution in [1.29, 1.82) is 0 Å². The molecule has 2 aliphatic rings. The molecule has 33 heavy (non-hydrogen) atoms. The molecule has 2 atom stereocenters. The van der Waals surface area contributed by atoms with Gasteiger partial charge in [0, 0.05) is 25.4 Å². The third-order valence-corrected chi connectivity index (χ3v) is 7.96. The highest BCUT2D eigenvalue weighted by atomic mass is 16.2. The van der Waals surface area contributed by atoms with E-state index in [0.717, 1.165) is 63.5 Å². The van der Waals surface area contributed by atoms with E-state index in [1.54, 1.807) is 0 Å². The molecule has 176 valence electrons. The molecule has 0 aromatic heterocycles. The Kier molecular flexibility index (Phi) is 8.80. The smallest absolute Gasteiger partial charge is 0.222 e. The highest BCUT2D eigenvalue weighted by Crippen LogP contribution is 2.36. The molecular weight excluding hydrogens is 402 g/mol. The number of rotatable bonds is 10. The molecule has 1 saturated carbocycles. The first-order chi connectivity index (χ1) is 16.2. The molecule has 1 heterocycles. The fourth-order valence-corrected chi connectivity index (χ4v) is 6.00. The molecular formula is C31H41NO. The van der Waals surface area contributed by atoms with E-state index in [4.69, 9.17) is 0 Å². The Morgan fingerprint density at radius 3 is 2.09 bits per heavy atom. The second-order valence-electron chi connectivity index (χ2n) is 10.3. The summed E-state index contributed by atoms with van der Waals surface area (Å²) in [6.45, 7) is 6.44. The summed E-state index contributed by atoms with van der Waals surface area (Å²) in [5.74, 6) is 2.43. The maximum atomic E-state index is 12.7. The zero-order chi connectivity index (χ0) is 22.9. The van der Waals surface area contributed by atoms with Crippen LogP contribution in [-0.4, -0.2) is 23.9 Å². The molecule has 1 aliphatic heterocycles. The van der Waals surface area contributed by atoms with Crippen LogP contribution < -0.4 is 0 Å². The van der Waals surface area contributed by atoms with E-state index in [0.29, 0.717) is 11.8 Å². The van der Waals surface area contributed by atoms with Crippen LogP contribution >= 0.6 is 0 Å². The van der Waals surface area contributed by atoms with Gasteiger partial charge in [-0.1, -0.05) is 98.5 Å². The van der Waals surface area contributed by atoms with Crippen LogP contribution in [0.15, 0.2) is 72.8 Å². The summed E-state index contributed by atoms with van der Waals surface area (Å²) in [6, 6.07) is 21.6. The standard InChI is InChI=1S/C31H41NO/c1-25(23-30(27-15-6-3-7-16-27)28-17-8-4-9-18-28)13-5-2-10-20-31(33)32-22-21-26-14-11-12-19-29(26)24-32/h3-4,6-9,15-18,26,29-30H,1-2,5,10-14,19-24H2. The lowest BCUT2D eigenvalue weighted by molar-refractivity contribution is -0.134. The lowest BCUT2D eigenvalue weighted by atomic mass is 9.75. The van der Waals surface area contributed by atoms with Crippen molar-refractivity contribution in [3.63, 3.8) is 0 Å². The number of hydrogen-bond acceptors (Lipinski definition) is 1. The zero-order valence-electron chi connectivity index (χ0n) is 20.3. The summed E-state index contributed by atoms with van der Waals surface area (Å²) in [7, 11) is 0. The van der Waals surface area contributed by atoms with Gasteiger partial charge in [0.05, 0.1) is 0 Å². The van der Waals surface area contributed by atoms with Crippen LogP contribution in [0.1, 0.15) is 87.7 Å². The number of hydrogen-bond donors (Lipinski definition) is 0. The summed E-state index contributed by atoms with van der Waals surface area (Å²) in [4.78, 5) is 14.9. The van der Waals surface area contributed by atoms with E-state index in [-0.39, 0.29) is 0 Å². The SMILES string of the molecule is C=C(CCCCCC(=O)N1CCC2CCCCC2C1)CC(c1ccccc1)c1ccccc1. The minimum absolute atomic E-state index is 0.365. The number of fused-ring (bicyclic) bond motifs is 1. The normalized spacial score (nSPS) is 20.5. The van der Waals surface area contributed by atoms with Crippen molar-refractivity contribution in [3.8, 4) is 0 Å². The van der Waals surface area contributed by atoms with Gasteiger partial charge in [0.25, 0.3) is 0 Å². The number of allylic oxidation sites excluding steroid dienone is 1. The second kappa shape index (κ2) is 12.2. The molecule has 0 bridgehead atoms. The van der Waals surface area contributed by atoms with Gasteiger partial charge in [0.1, 0.15) is 0 Å². The Morgan fingerprint density at radius 1 is 0.818 bits per heavy atom. The quantitative estimate of drug-likeness (QED) is 0.271. The molecule has 1 saturated heterocycles. The molecule has 0 radical (unpaired) electrons. The predicted octanol–water partition coefficient (Wildman–Crippen LogP) is 7.75. The van der Waals surface area contributed by atoms with E-state index in [9.17, 15) is 4.79 Å². The van der Waals surface area contributed by atoms with Crippen molar-refractivity contribution in [3.05, 3.63) is 83.9 Å². The number of likely N-dealkylation sites (tertiary alicyclic amines) is 1. The topological polar surface area (TPSA) is 20.3 Å². The van der Waals surface area contributed by atoms with Gasteiger partial charge in [-0.25, -0.2) is 0 Å². The van der Waals surface area contributed by atoms with Gasteiger partial charge in [-0.3, -0.25) is 4.79 Å². The molecule has 0 N–H and O–H groups in total. The van der Waals surface area contributed by atoms with Crippen molar-refractivity contribution in [2.75, 3.05) is 13.1 Å². The Hall–Kier alpha value is -2.35. The maximum absolute atomic E-state index is 12.7. The molecule has 1 amide bonds. The Labute approximate surface area is 201 Å².